The zero-order chi connectivity index (χ0) is 15.9. The molecule has 1 fully saturated rings. The Bertz CT molecular complexity index is 637. The molecule has 1 amide bonds. The van der Waals surface area contributed by atoms with E-state index in [9.17, 15) is 14.7 Å². The molecular formula is C17H20BrNO3. The minimum absolute atomic E-state index is 0.0185. The van der Waals surface area contributed by atoms with E-state index in [1.54, 1.807) is 0 Å². The van der Waals surface area contributed by atoms with Crippen LogP contribution in [0.5, 0.6) is 0 Å². The number of benzene rings is 1. The van der Waals surface area contributed by atoms with Gasteiger partial charge in [-0.2, -0.15) is 0 Å². The molecule has 118 valence electrons. The fourth-order valence-electron chi connectivity index (χ4n) is 3.50. The lowest BCUT2D eigenvalue weighted by molar-refractivity contribution is -0.159. The highest BCUT2D eigenvalue weighted by atomic mass is 79.9. The number of hydrogen-bond donors (Lipinski definition) is 1. The molecule has 3 rings (SSSR count). The van der Waals surface area contributed by atoms with Crippen LogP contribution in [0.4, 0.5) is 0 Å². The third kappa shape index (κ3) is 2.67. The van der Waals surface area contributed by atoms with Crippen LogP contribution in [0.2, 0.25) is 0 Å². The molecule has 0 unspecified atom stereocenters. The van der Waals surface area contributed by atoms with Gasteiger partial charge >= 0.3 is 5.97 Å². The molecular weight excluding hydrogens is 346 g/mol. The zero-order valence-electron chi connectivity index (χ0n) is 12.7. The van der Waals surface area contributed by atoms with Crippen LogP contribution in [0.1, 0.15) is 42.4 Å². The molecule has 5 heteroatoms. The minimum Gasteiger partial charge on any atom is -0.481 e. The van der Waals surface area contributed by atoms with Crippen molar-refractivity contribution in [2.75, 3.05) is 6.54 Å². The quantitative estimate of drug-likeness (QED) is 0.893. The van der Waals surface area contributed by atoms with Crippen molar-refractivity contribution < 1.29 is 14.7 Å². The maximum absolute atomic E-state index is 12.6. The van der Waals surface area contributed by atoms with Crippen LogP contribution in [-0.4, -0.2) is 28.4 Å². The number of halogens is 1. The maximum atomic E-state index is 12.6. The number of amides is 1. The lowest BCUT2D eigenvalue weighted by Gasteiger charge is -2.39. The van der Waals surface area contributed by atoms with Gasteiger partial charge in [0.05, 0.1) is 5.41 Å². The highest BCUT2D eigenvalue weighted by Gasteiger charge is 2.46. The SMILES string of the molecule is Cc1cc(Br)cc2c1CN(C(=O)CC1(C(=O)O)CCC1)CC2. The predicted octanol–water partition coefficient (Wildman–Crippen LogP) is 3.29. The lowest BCUT2D eigenvalue weighted by atomic mass is 9.66. The molecule has 1 aliphatic heterocycles. The Kier molecular flexibility index (Phi) is 4.02. The number of carbonyl (C=O) groups is 2. The topological polar surface area (TPSA) is 57.6 Å². The van der Waals surface area contributed by atoms with E-state index in [4.69, 9.17) is 0 Å². The van der Waals surface area contributed by atoms with Crippen molar-refractivity contribution in [3.05, 3.63) is 33.3 Å². The minimum atomic E-state index is -0.815. The average molecular weight is 366 g/mol. The second-order valence-corrected chi connectivity index (χ2v) is 7.46. The number of nitrogens with zero attached hydrogens (tertiary/aromatic N) is 1. The molecule has 0 spiro atoms. The third-order valence-corrected chi connectivity index (χ3v) is 5.59. The van der Waals surface area contributed by atoms with Gasteiger partial charge in [-0.25, -0.2) is 0 Å². The molecule has 1 N–H and O–H groups in total. The summed E-state index contributed by atoms with van der Waals surface area (Å²) >= 11 is 3.51. The van der Waals surface area contributed by atoms with Crippen molar-refractivity contribution in [3.63, 3.8) is 0 Å². The highest BCUT2D eigenvalue weighted by Crippen LogP contribution is 2.44. The fraction of sp³-hybridized carbons (Fsp3) is 0.529. The van der Waals surface area contributed by atoms with Gasteiger partial charge in [-0.15, -0.1) is 0 Å². The van der Waals surface area contributed by atoms with Crippen LogP contribution in [-0.2, 0) is 22.6 Å². The smallest absolute Gasteiger partial charge is 0.310 e. The first kappa shape index (κ1) is 15.5. The summed E-state index contributed by atoms with van der Waals surface area (Å²) in [7, 11) is 0. The predicted molar refractivity (Wildman–Crippen MR) is 86.5 cm³/mol. The first-order valence-electron chi connectivity index (χ1n) is 7.70. The number of fused-ring (bicyclic) bond motifs is 1. The highest BCUT2D eigenvalue weighted by molar-refractivity contribution is 9.10. The number of rotatable bonds is 3. The molecule has 0 aromatic heterocycles. The Morgan fingerprint density at radius 3 is 2.68 bits per heavy atom. The van der Waals surface area contributed by atoms with Gasteiger partial charge < -0.3 is 10.0 Å². The van der Waals surface area contributed by atoms with Gasteiger partial charge in [0.1, 0.15) is 0 Å². The lowest BCUT2D eigenvalue weighted by Crippen LogP contribution is -2.45. The molecule has 1 heterocycles. The van der Waals surface area contributed by atoms with Crippen LogP contribution < -0.4 is 0 Å². The number of aryl methyl sites for hydroxylation is 1. The molecule has 2 aliphatic rings. The van der Waals surface area contributed by atoms with Gasteiger partial charge in [0.2, 0.25) is 5.91 Å². The van der Waals surface area contributed by atoms with Crippen LogP contribution in [0.3, 0.4) is 0 Å². The van der Waals surface area contributed by atoms with Crippen LogP contribution in [0.25, 0.3) is 0 Å². The summed E-state index contributed by atoms with van der Waals surface area (Å²) in [6.45, 7) is 3.34. The van der Waals surface area contributed by atoms with Crippen LogP contribution in [0.15, 0.2) is 16.6 Å². The molecule has 0 saturated heterocycles. The van der Waals surface area contributed by atoms with Crippen molar-refractivity contribution in [1.29, 1.82) is 0 Å². The Hall–Kier alpha value is -1.36. The fourth-order valence-corrected chi connectivity index (χ4v) is 4.12. The Balaban J connectivity index is 1.74. The molecule has 22 heavy (non-hydrogen) atoms. The van der Waals surface area contributed by atoms with Gasteiger partial charge in [-0.1, -0.05) is 22.4 Å². The standard InChI is InChI=1S/C17H20BrNO3/c1-11-7-13(18)8-12-3-6-19(10-14(11)12)15(20)9-17(16(21)22)4-2-5-17/h7-8H,2-6,9-10H2,1H3,(H,21,22). The summed E-state index contributed by atoms with van der Waals surface area (Å²) in [5, 5.41) is 9.39. The second-order valence-electron chi connectivity index (χ2n) is 6.54. The van der Waals surface area contributed by atoms with E-state index >= 15 is 0 Å². The molecule has 0 bridgehead atoms. The van der Waals surface area contributed by atoms with Crippen molar-refractivity contribution in [2.45, 2.75) is 45.6 Å². The van der Waals surface area contributed by atoms with Crippen molar-refractivity contribution in [3.8, 4) is 0 Å². The Morgan fingerprint density at radius 2 is 2.09 bits per heavy atom. The summed E-state index contributed by atoms with van der Waals surface area (Å²) < 4.78 is 1.07. The molecule has 0 atom stereocenters. The van der Waals surface area contributed by atoms with E-state index in [0.29, 0.717) is 25.9 Å². The Labute approximate surface area is 138 Å². The summed E-state index contributed by atoms with van der Waals surface area (Å²) in [5.74, 6) is -0.834. The van der Waals surface area contributed by atoms with Crippen molar-refractivity contribution in [1.82, 2.24) is 4.90 Å². The van der Waals surface area contributed by atoms with Gasteiger partial charge in [0.15, 0.2) is 0 Å². The number of carboxylic acid groups (broad SMARTS) is 1. The number of carboxylic acids is 1. The van der Waals surface area contributed by atoms with Crippen molar-refractivity contribution >= 4 is 27.8 Å². The second kappa shape index (κ2) is 5.69. The third-order valence-electron chi connectivity index (χ3n) is 5.14. The molecule has 0 radical (unpaired) electrons. The molecule has 1 aromatic rings. The molecule has 1 saturated carbocycles. The van der Waals surface area contributed by atoms with Gasteiger partial charge in [0, 0.05) is 24.0 Å². The van der Waals surface area contributed by atoms with Gasteiger partial charge in [0.25, 0.3) is 0 Å². The van der Waals surface area contributed by atoms with Gasteiger partial charge in [-0.05, 0) is 55.0 Å². The number of aliphatic carboxylic acids is 1. The molecule has 1 aromatic carbocycles. The zero-order valence-corrected chi connectivity index (χ0v) is 14.3. The van der Waals surface area contributed by atoms with E-state index in [-0.39, 0.29) is 12.3 Å². The van der Waals surface area contributed by atoms with Crippen molar-refractivity contribution in [2.24, 2.45) is 5.41 Å². The van der Waals surface area contributed by atoms with E-state index in [1.165, 1.54) is 16.7 Å². The van der Waals surface area contributed by atoms with Gasteiger partial charge in [-0.3, -0.25) is 9.59 Å². The summed E-state index contributed by atoms with van der Waals surface area (Å²) in [5.41, 5.74) is 2.87. The first-order valence-corrected chi connectivity index (χ1v) is 8.50. The van der Waals surface area contributed by atoms with E-state index in [2.05, 4.69) is 35.0 Å². The monoisotopic (exact) mass is 365 g/mol. The largest absolute Gasteiger partial charge is 0.481 e. The molecule has 4 nitrogen and oxygen atoms in total. The Morgan fingerprint density at radius 1 is 1.36 bits per heavy atom. The number of hydrogen-bond acceptors (Lipinski definition) is 2. The summed E-state index contributed by atoms with van der Waals surface area (Å²) in [4.78, 5) is 25.8. The summed E-state index contributed by atoms with van der Waals surface area (Å²) in [6.07, 6.45) is 3.15. The average Bonchev–Trinajstić information content (AvgIpc) is 2.41. The molecule has 1 aliphatic carbocycles. The normalized spacial score (nSPS) is 19.3. The first-order chi connectivity index (χ1) is 10.4. The number of carbonyl (C=O) groups excluding carboxylic acids is 1. The summed E-state index contributed by atoms with van der Waals surface area (Å²) in [6, 6.07) is 4.19. The van der Waals surface area contributed by atoms with E-state index in [0.717, 1.165) is 17.3 Å². The van der Waals surface area contributed by atoms with Crippen LogP contribution in [0, 0.1) is 12.3 Å². The van der Waals surface area contributed by atoms with Crippen LogP contribution >= 0.6 is 15.9 Å². The van der Waals surface area contributed by atoms with E-state index in [1.807, 2.05) is 4.90 Å². The van der Waals surface area contributed by atoms with E-state index < -0.39 is 11.4 Å². The maximum Gasteiger partial charge on any atom is 0.310 e.